The summed E-state index contributed by atoms with van der Waals surface area (Å²) in [6.07, 6.45) is 4.49. The third-order valence-electron chi connectivity index (χ3n) is 5.93. The van der Waals surface area contributed by atoms with Gasteiger partial charge in [-0.25, -0.2) is 24.1 Å². The van der Waals surface area contributed by atoms with E-state index in [0.717, 1.165) is 0 Å². The number of nitrogens with zero attached hydrogens (tertiary/aromatic N) is 6. The fraction of sp³-hybridized carbons (Fsp3) is 0.296. The summed E-state index contributed by atoms with van der Waals surface area (Å²) in [7, 11) is 0. The van der Waals surface area contributed by atoms with Crippen molar-refractivity contribution in [1.29, 1.82) is 0 Å². The first-order valence-electron chi connectivity index (χ1n) is 12.2. The lowest BCUT2D eigenvalue weighted by atomic mass is 10.2. The van der Waals surface area contributed by atoms with Gasteiger partial charge in [0.2, 0.25) is 0 Å². The Hall–Kier alpha value is -4.05. The van der Waals surface area contributed by atoms with E-state index in [1.54, 1.807) is 53.8 Å². The average molecular weight is 536 g/mol. The molecule has 4 aromatic rings. The lowest BCUT2D eigenvalue weighted by Gasteiger charge is -2.36. The Morgan fingerprint density at radius 3 is 2.58 bits per heavy atom. The number of hydrogen-bond donors (Lipinski definition) is 1. The molecule has 0 atom stereocenters. The molecule has 1 aromatic carbocycles. The Balaban J connectivity index is 1.46. The highest BCUT2D eigenvalue weighted by atomic mass is 35.5. The topological polar surface area (TPSA) is 96.4 Å². The van der Waals surface area contributed by atoms with Crippen LogP contribution in [0.5, 0.6) is 0 Å². The van der Waals surface area contributed by atoms with Crippen LogP contribution in [0.4, 0.5) is 26.5 Å². The molecule has 1 fully saturated rings. The minimum atomic E-state index is -0.558. The molecule has 4 heterocycles. The van der Waals surface area contributed by atoms with Gasteiger partial charge >= 0.3 is 6.09 Å². The molecule has 9 nitrogen and oxygen atoms in total. The summed E-state index contributed by atoms with van der Waals surface area (Å²) in [4.78, 5) is 34.4. The zero-order chi connectivity index (χ0) is 26.9. The van der Waals surface area contributed by atoms with Gasteiger partial charge in [-0.05, 0) is 45.0 Å². The van der Waals surface area contributed by atoms with Gasteiger partial charge in [0, 0.05) is 44.1 Å². The van der Waals surface area contributed by atoms with Crippen LogP contribution in [-0.2, 0) is 4.74 Å². The molecule has 1 amide bonds. The molecule has 0 radical (unpaired) electrons. The van der Waals surface area contributed by atoms with Crippen LogP contribution in [0.2, 0.25) is 5.02 Å². The molecule has 196 valence electrons. The van der Waals surface area contributed by atoms with E-state index < -0.39 is 5.60 Å². The van der Waals surface area contributed by atoms with E-state index in [9.17, 15) is 9.18 Å². The van der Waals surface area contributed by atoms with E-state index in [0.29, 0.717) is 70.8 Å². The summed E-state index contributed by atoms with van der Waals surface area (Å²) in [6, 6.07) is 9.93. The van der Waals surface area contributed by atoms with Crippen LogP contribution in [0.15, 0.2) is 55.0 Å². The third-order valence-corrected chi connectivity index (χ3v) is 6.21. The van der Waals surface area contributed by atoms with Crippen molar-refractivity contribution in [3.05, 3.63) is 65.8 Å². The number of anilines is 3. The lowest BCUT2D eigenvalue weighted by Crippen LogP contribution is -2.50. The van der Waals surface area contributed by atoms with Crippen LogP contribution in [0.1, 0.15) is 20.8 Å². The summed E-state index contributed by atoms with van der Waals surface area (Å²) in [6.45, 7) is 7.58. The number of carbonyl (C=O) groups is 1. The molecule has 1 N–H and O–H groups in total. The van der Waals surface area contributed by atoms with Crippen LogP contribution >= 0.6 is 11.6 Å². The van der Waals surface area contributed by atoms with E-state index in [1.165, 1.54) is 6.07 Å². The Kier molecular flexibility index (Phi) is 6.98. The highest BCUT2D eigenvalue weighted by molar-refractivity contribution is 6.36. The number of rotatable bonds is 4. The van der Waals surface area contributed by atoms with Crippen molar-refractivity contribution in [2.75, 3.05) is 36.4 Å². The smallest absolute Gasteiger partial charge is 0.410 e. The van der Waals surface area contributed by atoms with E-state index in [2.05, 4.69) is 20.2 Å². The van der Waals surface area contributed by atoms with Crippen LogP contribution < -0.4 is 10.2 Å². The van der Waals surface area contributed by atoms with Gasteiger partial charge < -0.3 is 19.9 Å². The molecule has 0 aliphatic carbocycles. The number of nitrogens with one attached hydrogen (secondary N) is 1. The molecule has 0 spiro atoms. The second-order valence-corrected chi connectivity index (χ2v) is 10.3. The minimum absolute atomic E-state index is 0.316. The van der Waals surface area contributed by atoms with Gasteiger partial charge in [-0.3, -0.25) is 4.98 Å². The van der Waals surface area contributed by atoms with E-state index in [4.69, 9.17) is 26.3 Å². The molecule has 38 heavy (non-hydrogen) atoms. The molecule has 0 saturated carbocycles. The SMILES string of the molecule is CC(C)(C)OC(=O)N1CCN(c2nc(-c3ccnc(Nc4ccccc4F)c3)nc3cncc(Cl)c23)CC1. The average Bonchev–Trinajstić information content (AvgIpc) is 2.89. The molecule has 5 rings (SSSR count). The lowest BCUT2D eigenvalue weighted by molar-refractivity contribution is 0.0240. The molecule has 1 aliphatic heterocycles. The second kappa shape index (κ2) is 10.4. The van der Waals surface area contributed by atoms with Crippen molar-refractivity contribution < 1.29 is 13.9 Å². The number of piperazine rings is 1. The molecular weight excluding hydrogens is 509 g/mol. The third kappa shape index (κ3) is 5.60. The quantitative estimate of drug-likeness (QED) is 0.356. The molecule has 3 aromatic heterocycles. The number of para-hydroxylation sites is 1. The van der Waals surface area contributed by atoms with Crippen LogP contribution in [0.25, 0.3) is 22.3 Å². The zero-order valence-corrected chi connectivity index (χ0v) is 22.0. The van der Waals surface area contributed by atoms with E-state index in [1.807, 2.05) is 20.8 Å². The van der Waals surface area contributed by atoms with E-state index >= 15 is 0 Å². The number of pyridine rings is 2. The first-order valence-corrected chi connectivity index (χ1v) is 12.6. The molecular formula is C27H27ClFN7O2. The zero-order valence-electron chi connectivity index (χ0n) is 21.3. The van der Waals surface area contributed by atoms with Gasteiger partial charge in [0.1, 0.15) is 23.1 Å². The number of carbonyl (C=O) groups excluding carboxylic acids is 1. The number of aromatic nitrogens is 4. The van der Waals surface area contributed by atoms with Gasteiger partial charge in [-0.1, -0.05) is 23.7 Å². The van der Waals surface area contributed by atoms with Gasteiger partial charge in [0.05, 0.1) is 27.8 Å². The Bertz CT molecular complexity index is 1490. The monoisotopic (exact) mass is 535 g/mol. The molecule has 1 saturated heterocycles. The van der Waals surface area contributed by atoms with Crippen LogP contribution in [0.3, 0.4) is 0 Å². The first kappa shape index (κ1) is 25.6. The van der Waals surface area contributed by atoms with Crippen molar-refractivity contribution in [1.82, 2.24) is 24.8 Å². The molecule has 0 bridgehead atoms. The maximum absolute atomic E-state index is 14.2. The number of hydrogen-bond acceptors (Lipinski definition) is 8. The van der Waals surface area contributed by atoms with Gasteiger partial charge in [-0.2, -0.15) is 0 Å². The van der Waals surface area contributed by atoms with Crippen molar-refractivity contribution in [2.45, 2.75) is 26.4 Å². The van der Waals surface area contributed by atoms with Crippen molar-refractivity contribution >= 4 is 45.9 Å². The van der Waals surface area contributed by atoms with Crippen LogP contribution in [0, 0.1) is 5.82 Å². The number of halogens is 2. The maximum Gasteiger partial charge on any atom is 0.410 e. The Morgan fingerprint density at radius 2 is 1.84 bits per heavy atom. The number of benzene rings is 1. The minimum Gasteiger partial charge on any atom is -0.444 e. The van der Waals surface area contributed by atoms with Gasteiger partial charge in [-0.15, -0.1) is 0 Å². The standard InChI is InChI=1S/C27H27ClFN7O2/c1-27(2,3)38-26(37)36-12-10-35(11-13-36)25-23-18(28)15-30-16-21(23)33-24(34-25)17-8-9-31-22(14-17)32-20-7-5-4-6-19(20)29/h4-9,14-16H,10-13H2,1-3H3,(H,31,32). The maximum atomic E-state index is 14.2. The first-order chi connectivity index (χ1) is 18.2. The molecule has 1 aliphatic rings. The predicted octanol–water partition coefficient (Wildman–Crippen LogP) is 5.68. The van der Waals surface area contributed by atoms with Gasteiger partial charge in [0.15, 0.2) is 5.82 Å². The number of amides is 1. The van der Waals surface area contributed by atoms with Crippen molar-refractivity contribution in [3.63, 3.8) is 0 Å². The van der Waals surface area contributed by atoms with Crippen molar-refractivity contribution in [2.24, 2.45) is 0 Å². The Morgan fingerprint density at radius 1 is 1.08 bits per heavy atom. The summed E-state index contributed by atoms with van der Waals surface area (Å²) in [5, 5.41) is 4.13. The van der Waals surface area contributed by atoms with Gasteiger partial charge in [0.25, 0.3) is 0 Å². The molecule has 0 unspecified atom stereocenters. The summed E-state index contributed by atoms with van der Waals surface area (Å²) in [5.74, 6) is 1.18. The number of fused-ring (bicyclic) bond motifs is 1. The normalized spacial score (nSPS) is 14.0. The fourth-order valence-electron chi connectivity index (χ4n) is 4.15. The summed E-state index contributed by atoms with van der Waals surface area (Å²) >= 11 is 6.55. The Labute approximate surface area is 224 Å². The van der Waals surface area contributed by atoms with E-state index in [-0.39, 0.29) is 11.9 Å². The molecule has 11 heteroatoms. The van der Waals surface area contributed by atoms with Crippen molar-refractivity contribution in [3.8, 4) is 11.4 Å². The highest BCUT2D eigenvalue weighted by Crippen LogP contribution is 2.33. The fourth-order valence-corrected chi connectivity index (χ4v) is 4.39. The summed E-state index contributed by atoms with van der Waals surface area (Å²) in [5.41, 5.74) is 1.04. The second-order valence-electron chi connectivity index (χ2n) is 9.88. The van der Waals surface area contributed by atoms with Crippen LogP contribution in [-0.4, -0.2) is 62.7 Å². The highest BCUT2D eigenvalue weighted by Gasteiger charge is 2.28. The predicted molar refractivity (Wildman–Crippen MR) is 145 cm³/mol. The largest absolute Gasteiger partial charge is 0.444 e. The number of ether oxygens (including phenoxy) is 1. The summed E-state index contributed by atoms with van der Waals surface area (Å²) < 4.78 is 19.7.